The maximum absolute atomic E-state index is 11.2. The molecule has 0 aromatic rings. The molecule has 1 fully saturated rings. The van der Waals surface area contributed by atoms with E-state index in [2.05, 4.69) is 12.2 Å². The van der Waals surface area contributed by atoms with E-state index in [1.807, 2.05) is 12.2 Å². The summed E-state index contributed by atoms with van der Waals surface area (Å²) in [5.74, 6) is -0.513. The van der Waals surface area contributed by atoms with Crippen molar-refractivity contribution in [3.05, 3.63) is 12.2 Å². The Hall–Kier alpha value is -1.12. The summed E-state index contributed by atoms with van der Waals surface area (Å²) in [6.45, 7) is 2.22. The highest BCUT2D eigenvalue weighted by molar-refractivity contribution is 6.04. The molecule has 2 amide bonds. The highest BCUT2D eigenvalue weighted by Crippen LogP contribution is 2.13. The van der Waals surface area contributed by atoms with Crippen LogP contribution in [0.1, 0.15) is 58.3 Å². The molecule has 1 saturated heterocycles. The Morgan fingerprint density at radius 3 is 2.53 bits per heavy atom. The molecule has 3 heteroatoms. The maximum Gasteiger partial charge on any atom is 0.233 e. The number of unbranched alkanes of at least 4 members (excludes halogenated alkanes) is 6. The smallest absolute Gasteiger partial charge is 0.233 e. The van der Waals surface area contributed by atoms with Crippen LogP contribution in [0.2, 0.25) is 0 Å². The molecule has 1 aliphatic rings. The van der Waals surface area contributed by atoms with Crippen molar-refractivity contribution in [1.29, 1.82) is 0 Å². The molecule has 0 saturated carbocycles. The number of carbonyl (C=O) groups excluding carboxylic acids is 2. The van der Waals surface area contributed by atoms with Crippen molar-refractivity contribution in [2.75, 3.05) is 0 Å². The first-order valence-corrected chi connectivity index (χ1v) is 6.74. The van der Waals surface area contributed by atoms with Crippen molar-refractivity contribution in [3.8, 4) is 0 Å². The molecule has 1 aliphatic heterocycles. The summed E-state index contributed by atoms with van der Waals surface area (Å²) in [4.78, 5) is 22.2. The third-order valence-electron chi connectivity index (χ3n) is 3.10. The van der Waals surface area contributed by atoms with E-state index in [0.29, 0.717) is 6.42 Å². The topological polar surface area (TPSA) is 46.2 Å². The predicted octanol–water partition coefficient (Wildman–Crippen LogP) is 2.96. The monoisotopic (exact) mass is 237 g/mol. The van der Waals surface area contributed by atoms with E-state index in [1.165, 1.54) is 38.5 Å². The van der Waals surface area contributed by atoms with Gasteiger partial charge < -0.3 is 0 Å². The molecule has 0 aromatic carbocycles. The molecule has 0 bridgehead atoms. The Labute approximate surface area is 104 Å². The van der Waals surface area contributed by atoms with Crippen LogP contribution in [0.25, 0.3) is 0 Å². The molecule has 0 spiro atoms. The van der Waals surface area contributed by atoms with Crippen LogP contribution in [0.5, 0.6) is 0 Å². The van der Waals surface area contributed by atoms with Gasteiger partial charge in [-0.3, -0.25) is 14.9 Å². The van der Waals surface area contributed by atoms with Crippen LogP contribution in [0.3, 0.4) is 0 Å². The van der Waals surface area contributed by atoms with Gasteiger partial charge in [0.05, 0.1) is 5.92 Å². The Morgan fingerprint density at radius 1 is 1.18 bits per heavy atom. The van der Waals surface area contributed by atoms with Gasteiger partial charge in [0.2, 0.25) is 11.8 Å². The van der Waals surface area contributed by atoms with E-state index in [1.54, 1.807) is 0 Å². The van der Waals surface area contributed by atoms with Gasteiger partial charge in [0.25, 0.3) is 0 Å². The molecule has 0 aromatic heterocycles. The molecule has 0 aliphatic carbocycles. The fourth-order valence-corrected chi connectivity index (χ4v) is 2.03. The molecule has 1 atom stereocenters. The largest absolute Gasteiger partial charge is 0.296 e. The van der Waals surface area contributed by atoms with Crippen molar-refractivity contribution in [3.63, 3.8) is 0 Å². The Morgan fingerprint density at radius 2 is 1.88 bits per heavy atom. The van der Waals surface area contributed by atoms with Gasteiger partial charge in [-0.15, -0.1) is 0 Å². The van der Waals surface area contributed by atoms with Crippen molar-refractivity contribution in [1.82, 2.24) is 5.32 Å². The van der Waals surface area contributed by atoms with E-state index >= 15 is 0 Å². The van der Waals surface area contributed by atoms with Crippen LogP contribution >= 0.6 is 0 Å². The number of hydrogen-bond acceptors (Lipinski definition) is 2. The van der Waals surface area contributed by atoms with Gasteiger partial charge in [0.15, 0.2) is 0 Å². The first-order chi connectivity index (χ1) is 8.24. The van der Waals surface area contributed by atoms with Crippen molar-refractivity contribution >= 4 is 11.8 Å². The molecule has 17 heavy (non-hydrogen) atoms. The average Bonchev–Trinajstić information content (AvgIpc) is 2.61. The number of nitrogens with one attached hydrogen (secondary N) is 1. The Balaban J connectivity index is 2.02. The molecular formula is C14H23NO2. The van der Waals surface area contributed by atoms with Crippen LogP contribution in [-0.2, 0) is 9.59 Å². The number of allylic oxidation sites excluding steroid dienone is 1. The molecule has 1 unspecified atom stereocenters. The zero-order chi connectivity index (χ0) is 12.5. The van der Waals surface area contributed by atoms with Crippen LogP contribution in [0.4, 0.5) is 0 Å². The standard InChI is InChI=1S/C14H23NO2/c1-2-3-4-5-6-7-8-9-10-12-11-13(16)15-14(12)17/h9-10,12H,2-8,11H2,1H3,(H,15,16,17)/b10-9+. The summed E-state index contributed by atoms with van der Waals surface area (Å²) in [5.41, 5.74) is 0. The minimum atomic E-state index is -0.220. The fourth-order valence-electron chi connectivity index (χ4n) is 2.03. The summed E-state index contributed by atoms with van der Waals surface area (Å²) in [6.07, 6.45) is 13.0. The normalized spacial score (nSPS) is 20.2. The second kappa shape index (κ2) is 8.04. The highest BCUT2D eigenvalue weighted by atomic mass is 16.2. The summed E-state index contributed by atoms with van der Waals surface area (Å²) < 4.78 is 0. The summed E-state index contributed by atoms with van der Waals surface area (Å²) in [6, 6.07) is 0. The molecule has 0 radical (unpaired) electrons. The van der Waals surface area contributed by atoms with E-state index in [9.17, 15) is 9.59 Å². The zero-order valence-electron chi connectivity index (χ0n) is 10.7. The van der Waals surface area contributed by atoms with Crippen molar-refractivity contribution in [2.45, 2.75) is 58.3 Å². The van der Waals surface area contributed by atoms with Crippen LogP contribution < -0.4 is 5.32 Å². The molecule has 3 nitrogen and oxygen atoms in total. The lowest BCUT2D eigenvalue weighted by molar-refractivity contribution is -0.125. The maximum atomic E-state index is 11.2. The summed E-state index contributed by atoms with van der Waals surface area (Å²) >= 11 is 0. The number of amides is 2. The van der Waals surface area contributed by atoms with Gasteiger partial charge in [0, 0.05) is 6.42 Å². The third kappa shape index (κ3) is 5.66. The van der Waals surface area contributed by atoms with Crippen molar-refractivity contribution < 1.29 is 9.59 Å². The summed E-state index contributed by atoms with van der Waals surface area (Å²) in [7, 11) is 0. The van der Waals surface area contributed by atoms with E-state index in [4.69, 9.17) is 0 Å². The van der Waals surface area contributed by atoms with Gasteiger partial charge in [-0.25, -0.2) is 0 Å². The van der Waals surface area contributed by atoms with Crippen LogP contribution in [0.15, 0.2) is 12.2 Å². The first-order valence-electron chi connectivity index (χ1n) is 6.74. The third-order valence-corrected chi connectivity index (χ3v) is 3.10. The van der Waals surface area contributed by atoms with Gasteiger partial charge in [0.1, 0.15) is 0 Å². The second-order valence-corrected chi connectivity index (χ2v) is 4.71. The lowest BCUT2D eigenvalue weighted by Crippen LogP contribution is -2.21. The molecule has 1 N–H and O–H groups in total. The number of imide groups is 1. The molecule has 1 heterocycles. The SMILES string of the molecule is CCCCCCCC/C=C/C1CC(=O)NC1=O. The quantitative estimate of drug-likeness (QED) is 0.401. The second-order valence-electron chi connectivity index (χ2n) is 4.71. The number of hydrogen-bond donors (Lipinski definition) is 1. The minimum Gasteiger partial charge on any atom is -0.296 e. The Kier molecular flexibility index (Phi) is 6.60. The van der Waals surface area contributed by atoms with E-state index < -0.39 is 0 Å². The first kappa shape index (κ1) is 13.9. The van der Waals surface area contributed by atoms with E-state index in [0.717, 1.165) is 6.42 Å². The van der Waals surface area contributed by atoms with Crippen LogP contribution in [-0.4, -0.2) is 11.8 Å². The van der Waals surface area contributed by atoms with Crippen LogP contribution in [0, 0.1) is 5.92 Å². The molecule has 1 rings (SSSR count). The number of rotatable bonds is 8. The summed E-state index contributed by atoms with van der Waals surface area (Å²) in [5, 5.41) is 2.31. The average molecular weight is 237 g/mol. The minimum absolute atomic E-state index is 0.144. The van der Waals surface area contributed by atoms with Gasteiger partial charge in [-0.05, 0) is 12.8 Å². The van der Waals surface area contributed by atoms with Gasteiger partial charge in [-0.1, -0.05) is 51.2 Å². The highest BCUT2D eigenvalue weighted by Gasteiger charge is 2.27. The molecular weight excluding hydrogens is 214 g/mol. The predicted molar refractivity (Wildman–Crippen MR) is 68.4 cm³/mol. The van der Waals surface area contributed by atoms with E-state index in [-0.39, 0.29) is 17.7 Å². The number of carbonyl (C=O) groups is 2. The zero-order valence-corrected chi connectivity index (χ0v) is 10.7. The molecule has 96 valence electrons. The van der Waals surface area contributed by atoms with Gasteiger partial charge >= 0.3 is 0 Å². The Bertz CT molecular complexity index is 284. The van der Waals surface area contributed by atoms with Gasteiger partial charge in [-0.2, -0.15) is 0 Å². The van der Waals surface area contributed by atoms with Crippen molar-refractivity contribution in [2.24, 2.45) is 5.92 Å². The lowest BCUT2D eigenvalue weighted by atomic mass is 10.1. The fraction of sp³-hybridized carbons (Fsp3) is 0.714. The lowest BCUT2D eigenvalue weighted by Gasteiger charge is -1.99.